The van der Waals surface area contributed by atoms with Crippen LogP contribution in [-0.2, 0) is 0 Å². The summed E-state index contributed by atoms with van der Waals surface area (Å²) in [7, 11) is 0. The highest BCUT2D eigenvalue weighted by atomic mass is 13.7. The minimum absolute atomic E-state index is 1.88. The monoisotopic (exact) mass is 142 g/mol. The topological polar surface area (TPSA) is 0 Å². The molecule has 0 radical (unpaired) electrons. The van der Waals surface area contributed by atoms with E-state index in [0.717, 1.165) is 0 Å². The Morgan fingerprint density at radius 3 is 1.27 bits per heavy atom. The van der Waals surface area contributed by atoms with Crippen LogP contribution >= 0.6 is 0 Å². The molecule has 11 heavy (non-hydrogen) atoms. The molecule has 0 saturated heterocycles. The zero-order valence-electron chi connectivity index (χ0n) is 6.27. The van der Waals surface area contributed by atoms with Gasteiger partial charge in [-0.15, -0.1) is 5.73 Å². The standard InChI is InChI=1S/C11H10/c1-2-4-6-8-10-11-9-7-5-3-1/h1-10H. The average Bonchev–Trinajstić information content (AvgIpc) is 2.08. The van der Waals surface area contributed by atoms with Crippen molar-refractivity contribution in [1.82, 2.24) is 0 Å². The number of allylic oxidation sites excluding steroid dienone is 9. The maximum absolute atomic E-state index is 2.99. The third-order valence-corrected chi connectivity index (χ3v) is 1.16. The van der Waals surface area contributed by atoms with Crippen LogP contribution < -0.4 is 0 Å². The van der Waals surface area contributed by atoms with E-state index in [1.165, 1.54) is 0 Å². The van der Waals surface area contributed by atoms with Gasteiger partial charge in [0.05, 0.1) is 0 Å². The Labute approximate surface area is 67.2 Å². The molecule has 0 bridgehead atoms. The average molecular weight is 142 g/mol. The van der Waals surface area contributed by atoms with E-state index in [4.69, 9.17) is 0 Å². The second kappa shape index (κ2) is 5.28. The Morgan fingerprint density at radius 1 is 0.455 bits per heavy atom. The lowest BCUT2D eigenvalue weighted by Crippen LogP contribution is -1.49. The van der Waals surface area contributed by atoms with Crippen molar-refractivity contribution in [1.29, 1.82) is 0 Å². The first-order chi connectivity index (χ1) is 5.50. The Balaban J connectivity index is 2.77. The van der Waals surface area contributed by atoms with Crippen molar-refractivity contribution in [2.75, 3.05) is 0 Å². The predicted octanol–water partition coefficient (Wildman–Crippen LogP) is 2.94. The maximum Gasteiger partial charge on any atom is -0.0200 e. The molecule has 1 rings (SSSR count). The molecule has 0 aromatic carbocycles. The minimum Gasteiger partial charge on any atom is -0.121 e. The predicted molar refractivity (Wildman–Crippen MR) is 49.2 cm³/mol. The van der Waals surface area contributed by atoms with Crippen LogP contribution in [0.3, 0.4) is 0 Å². The smallest absolute Gasteiger partial charge is 0.0200 e. The molecule has 54 valence electrons. The van der Waals surface area contributed by atoms with Crippen LogP contribution in [0.5, 0.6) is 0 Å². The molecule has 0 atom stereocenters. The second-order valence-corrected chi connectivity index (χ2v) is 2.04. The molecular weight excluding hydrogens is 132 g/mol. The van der Waals surface area contributed by atoms with Gasteiger partial charge >= 0.3 is 0 Å². The van der Waals surface area contributed by atoms with Crippen LogP contribution in [0.4, 0.5) is 0 Å². The largest absolute Gasteiger partial charge is 0.121 e. The molecule has 0 unspecified atom stereocenters. The van der Waals surface area contributed by atoms with Gasteiger partial charge in [0, 0.05) is 0 Å². The minimum atomic E-state index is 1.88. The van der Waals surface area contributed by atoms with Gasteiger partial charge in [-0.25, -0.2) is 0 Å². The SMILES string of the molecule is C1=CC=CC=CC=CC=CC=1. The summed E-state index contributed by atoms with van der Waals surface area (Å²) in [5.74, 6) is 0. The second-order valence-electron chi connectivity index (χ2n) is 2.04. The molecule has 0 aliphatic heterocycles. The summed E-state index contributed by atoms with van der Waals surface area (Å²) in [4.78, 5) is 0. The molecule has 0 fully saturated rings. The fourth-order valence-corrected chi connectivity index (χ4v) is 0.663. The fraction of sp³-hybridized carbons (Fsp3) is 0. The van der Waals surface area contributed by atoms with Gasteiger partial charge in [0.15, 0.2) is 0 Å². The molecule has 0 nitrogen and oxygen atoms in total. The first-order valence-electron chi connectivity index (χ1n) is 3.58. The van der Waals surface area contributed by atoms with E-state index in [9.17, 15) is 0 Å². The molecule has 1 aliphatic rings. The summed E-state index contributed by atoms with van der Waals surface area (Å²) >= 11 is 0. The van der Waals surface area contributed by atoms with Gasteiger partial charge < -0.3 is 0 Å². The van der Waals surface area contributed by atoms with Crippen LogP contribution in [-0.4, -0.2) is 0 Å². The van der Waals surface area contributed by atoms with E-state index in [0.29, 0.717) is 0 Å². The van der Waals surface area contributed by atoms with E-state index in [-0.39, 0.29) is 0 Å². The number of rotatable bonds is 0. The zero-order valence-corrected chi connectivity index (χ0v) is 6.27. The van der Waals surface area contributed by atoms with Gasteiger partial charge in [0.1, 0.15) is 0 Å². The zero-order chi connectivity index (χ0) is 7.78. The van der Waals surface area contributed by atoms with Gasteiger partial charge in [0.2, 0.25) is 0 Å². The first-order valence-corrected chi connectivity index (χ1v) is 3.58. The van der Waals surface area contributed by atoms with E-state index in [1.54, 1.807) is 0 Å². The van der Waals surface area contributed by atoms with E-state index in [1.807, 2.05) is 60.8 Å². The number of hydrogen-bond acceptors (Lipinski definition) is 0. The normalized spacial score (nSPS) is 15.3. The van der Waals surface area contributed by atoms with E-state index < -0.39 is 0 Å². The van der Waals surface area contributed by atoms with Crippen LogP contribution in [0.2, 0.25) is 0 Å². The highest BCUT2D eigenvalue weighted by molar-refractivity contribution is 5.21. The first kappa shape index (κ1) is 7.59. The van der Waals surface area contributed by atoms with Crippen molar-refractivity contribution in [3.63, 3.8) is 0 Å². The fourth-order valence-electron chi connectivity index (χ4n) is 0.663. The van der Waals surface area contributed by atoms with Crippen molar-refractivity contribution in [3.8, 4) is 0 Å². The molecule has 0 aromatic heterocycles. The molecule has 0 heterocycles. The van der Waals surface area contributed by atoms with Gasteiger partial charge in [-0.2, -0.15) is 0 Å². The van der Waals surface area contributed by atoms with Crippen molar-refractivity contribution in [3.05, 3.63) is 66.5 Å². The maximum atomic E-state index is 2.99. The van der Waals surface area contributed by atoms with E-state index in [2.05, 4.69) is 5.73 Å². The molecule has 0 N–H and O–H groups in total. The van der Waals surface area contributed by atoms with Crippen molar-refractivity contribution in [2.45, 2.75) is 0 Å². The molecule has 0 amide bonds. The summed E-state index contributed by atoms with van der Waals surface area (Å²) in [6, 6.07) is 0. The Morgan fingerprint density at radius 2 is 0.818 bits per heavy atom. The summed E-state index contributed by atoms with van der Waals surface area (Å²) in [6.45, 7) is 0. The molecule has 0 aromatic rings. The van der Waals surface area contributed by atoms with Crippen molar-refractivity contribution in [2.24, 2.45) is 0 Å². The van der Waals surface area contributed by atoms with Crippen LogP contribution in [0.15, 0.2) is 66.5 Å². The number of hydrogen-bond donors (Lipinski definition) is 0. The molecule has 0 heteroatoms. The third-order valence-electron chi connectivity index (χ3n) is 1.16. The van der Waals surface area contributed by atoms with Crippen molar-refractivity contribution >= 4 is 0 Å². The van der Waals surface area contributed by atoms with Gasteiger partial charge in [0.25, 0.3) is 0 Å². The summed E-state index contributed by atoms with van der Waals surface area (Å²) < 4.78 is 0. The molecule has 1 aliphatic carbocycles. The molecule has 0 spiro atoms. The lowest BCUT2D eigenvalue weighted by Gasteiger charge is -1.70. The van der Waals surface area contributed by atoms with Gasteiger partial charge in [-0.3, -0.25) is 0 Å². The molecule has 0 saturated carbocycles. The lowest BCUT2D eigenvalue weighted by atomic mass is 10.4. The Kier molecular flexibility index (Phi) is 3.64. The van der Waals surface area contributed by atoms with Crippen molar-refractivity contribution < 1.29 is 0 Å². The quantitative estimate of drug-likeness (QED) is 0.456. The highest BCUT2D eigenvalue weighted by Gasteiger charge is 1.64. The Hall–Kier alpha value is -1.52. The van der Waals surface area contributed by atoms with E-state index >= 15 is 0 Å². The van der Waals surface area contributed by atoms with Crippen LogP contribution in [0, 0.1) is 0 Å². The lowest BCUT2D eigenvalue weighted by molar-refractivity contribution is 1.87. The summed E-state index contributed by atoms with van der Waals surface area (Å²) in [5, 5.41) is 0. The van der Waals surface area contributed by atoms with Crippen LogP contribution in [0.25, 0.3) is 0 Å². The van der Waals surface area contributed by atoms with Gasteiger partial charge in [-0.1, -0.05) is 48.6 Å². The Bertz CT molecular complexity index is 240. The highest BCUT2D eigenvalue weighted by Crippen LogP contribution is 1.85. The molecular formula is C11H10. The van der Waals surface area contributed by atoms with Gasteiger partial charge in [-0.05, 0) is 12.2 Å². The summed E-state index contributed by atoms with van der Waals surface area (Å²) in [6.07, 6.45) is 19.5. The third kappa shape index (κ3) is 3.96. The van der Waals surface area contributed by atoms with Crippen LogP contribution in [0.1, 0.15) is 0 Å². The summed E-state index contributed by atoms with van der Waals surface area (Å²) in [5.41, 5.74) is 2.99.